The molecule has 2 heterocycles. The molecule has 1 N–H and O–H groups in total. The number of amides is 1. The van der Waals surface area contributed by atoms with Crippen molar-refractivity contribution in [2.24, 2.45) is 0 Å². The molecule has 0 radical (unpaired) electrons. The van der Waals surface area contributed by atoms with Crippen LogP contribution in [0, 0.1) is 0 Å². The minimum atomic E-state index is 0.0501. The molecule has 0 spiro atoms. The van der Waals surface area contributed by atoms with Gasteiger partial charge >= 0.3 is 0 Å². The van der Waals surface area contributed by atoms with E-state index < -0.39 is 0 Å². The van der Waals surface area contributed by atoms with E-state index in [2.05, 4.69) is 44.3 Å². The van der Waals surface area contributed by atoms with Crippen molar-refractivity contribution in [3.05, 3.63) is 47.3 Å². The molecule has 1 amide bonds. The Balaban J connectivity index is 1.51. The largest absolute Gasteiger partial charge is 0.378 e. The standard InChI is InChI=1S/C18H21N5OS2/c1-22(2)14-8-6-13(7-9-14)11-23(3)16(24)12-26-18-19-17(20-21-18)15-5-4-10-25-15/h4-10H,11-12H2,1-3H3,(H,19,20,21). The fraction of sp³-hybridized carbons (Fsp3) is 0.278. The Morgan fingerprint density at radius 1 is 1.19 bits per heavy atom. The number of aromatic amines is 1. The Bertz CT molecular complexity index is 843. The highest BCUT2D eigenvalue weighted by molar-refractivity contribution is 7.99. The number of rotatable bonds is 7. The molecule has 1 aromatic carbocycles. The minimum Gasteiger partial charge on any atom is -0.378 e. The van der Waals surface area contributed by atoms with Crippen molar-refractivity contribution in [3.8, 4) is 10.7 Å². The fourth-order valence-electron chi connectivity index (χ4n) is 2.33. The van der Waals surface area contributed by atoms with Crippen molar-refractivity contribution in [2.45, 2.75) is 11.7 Å². The van der Waals surface area contributed by atoms with Crippen molar-refractivity contribution >= 4 is 34.7 Å². The second-order valence-electron chi connectivity index (χ2n) is 6.04. The van der Waals surface area contributed by atoms with Gasteiger partial charge in [0.1, 0.15) is 0 Å². The molecule has 8 heteroatoms. The highest BCUT2D eigenvalue weighted by Crippen LogP contribution is 2.23. The third-order valence-corrected chi connectivity index (χ3v) is 5.55. The third-order valence-electron chi connectivity index (χ3n) is 3.84. The van der Waals surface area contributed by atoms with Crippen LogP contribution < -0.4 is 4.90 Å². The molecule has 0 unspecified atom stereocenters. The summed E-state index contributed by atoms with van der Waals surface area (Å²) in [5, 5.41) is 9.67. The Hall–Kier alpha value is -2.32. The summed E-state index contributed by atoms with van der Waals surface area (Å²) in [5.74, 6) is 1.10. The van der Waals surface area contributed by atoms with Crippen LogP contribution in [0.3, 0.4) is 0 Å². The molecular weight excluding hydrogens is 366 g/mol. The van der Waals surface area contributed by atoms with Crippen LogP contribution in [0.2, 0.25) is 0 Å². The number of hydrogen-bond acceptors (Lipinski definition) is 6. The lowest BCUT2D eigenvalue weighted by molar-refractivity contribution is -0.127. The van der Waals surface area contributed by atoms with Gasteiger partial charge in [0, 0.05) is 33.4 Å². The normalized spacial score (nSPS) is 10.7. The minimum absolute atomic E-state index is 0.0501. The quantitative estimate of drug-likeness (QED) is 0.630. The van der Waals surface area contributed by atoms with E-state index in [1.807, 2.05) is 38.7 Å². The van der Waals surface area contributed by atoms with Gasteiger partial charge in [0.05, 0.1) is 10.6 Å². The van der Waals surface area contributed by atoms with Gasteiger partial charge in [-0.25, -0.2) is 4.98 Å². The Morgan fingerprint density at radius 3 is 2.62 bits per heavy atom. The van der Waals surface area contributed by atoms with Gasteiger partial charge in [0.25, 0.3) is 0 Å². The van der Waals surface area contributed by atoms with E-state index >= 15 is 0 Å². The SMILES string of the molecule is CN(Cc1ccc(N(C)C)cc1)C(=O)CSc1n[nH]c(-c2cccs2)n1. The number of thiophene rings is 1. The molecule has 0 aliphatic rings. The zero-order chi connectivity index (χ0) is 18.5. The number of hydrogen-bond donors (Lipinski definition) is 1. The Labute approximate surface area is 161 Å². The highest BCUT2D eigenvalue weighted by Gasteiger charge is 2.13. The van der Waals surface area contributed by atoms with Crippen molar-refractivity contribution in [1.29, 1.82) is 0 Å². The number of nitrogens with one attached hydrogen (secondary N) is 1. The lowest BCUT2D eigenvalue weighted by Crippen LogP contribution is -2.27. The number of nitrogens with zero attached hydrogens (tertiary/aromatic N) is 4. The molecule has 0 fully saturated rings. The first-order chi connectivity index (χ1) is 12.5. The molecule has 0 aliphatic carbocycles. The zero-order valence-corrected chi connectivity index (χ0v) is 16.6. The summed E-state index contributed by atoms with van der Waals surface area (Å²) in [6.07, 6.45) is 0. The predicted molar refractivity (Wildman–Crippen MR) is 108 cm³/mol. The smallest absolute Gasteiger partial charge is 0.233 e. The van der Waals surface area contributed by atoms with E-state index in [-0.39, 0.29) is 5.91 Å². The van der Waals surface area contributed by atoms with Crippen LogP contribution in [0.5, 0.6) is 0 Å². The lowest BCUT2D eigenvalue weighted by Gasteiger charge is -2.18. The average molecular weight is 388 g/mol. The number of carbonyl (C=O) groups excluding carboxylic acids is 1. The molecule has 0 aliphatic heterocycles. The highest BCUT2D eigenvalue weighted by atomic mass is 32.2. The number of H-pyrrole nitrogens is 1. The van der Waals surface area contributed by atoms with Crippen molar-refractivity contribution in [3.63, 3.8) is 0 Å². The first-order valence-electron chi connectivity index (χ1n) is 8.12. The maximum Gasteiger partial charge on any atom is 0.233 e. The second-order valence-corrected chi connectivity index (χ2v) is 7.93. The number of benzene rings is 1. The van der Waals surface area contributed by atoms with E-state index in [4.69, 9.17) is 0 Å². The van der Waals surface area contributed by atoms with E-state index in [0.717, 1.165) is 22.0 Å². The van der Waals surface area contributed by atoms with Gasteiger partial charge in [0.15, 0.2) is 5.82 Å². The van der Waals surface area contributed by atoms with Crippen molar-refractivity contribution in [1.82, 2.24) is 20.1 Å². The molecule has 3 rings (SSSR count). The summed E-state index contributed by atoms with van der Waals surface area (Å²) in [6.45, 7) is 0.585. The third kappa shape index (κ3) is 4.64. The number of carbonyl (C=O) groups is 1. The Morgan fingerprint density at radius 2 is 1.96 bits per heavy atom. The van der Waals surface area contributed by atoms with Crippen LogP contribution in [0.15, 0.2) is 46.9 Å². The van der Waals surface area contributed by atoms with Crippen LogP contribution in [-0.4, -0.2) is 52.9 Å². The summed E-state index contributed by atoms with van der Waals surface area (Å²) in [7, 11) is 5.83. The van der Waals surface area contributed by atoms with Gasteiger partial charge in [-0.15, -0.1) is 16.4 Å². The molecule has 2 aromatic heterocycles. The van der Waals surface area contributed by atoms with E-state index in [1.54, 1.807) is 16.2 Å². The van der Waals surface area contributed by atoms with Gasteiger partial charge in [-0.3, -0.25) is 9.89 Å². The maximum atomic E-state index is 12.4. The zero-order valence-electron chi connectivity index (χ0n) is 15.0. The monoisotopic (exact) mass is 387 g/mol. The molecule has 0 saturated heterocycles. The van der Waals surface area contributed by atoms with Crippen LogP contribution in [0.4, 0.5) is 5.69 Å². The van der Waals surface area contributed by atoms with Crippen LogP contribution in [0.1, 0.15) is 5.56 Å². The number of thioether (sulfide) groups is 1. The first-order valence-corrected chi connectivity index (χ1v) is 9.99. The number of anilines is 1. The van der Waals surface area contributed by atoms with E-state index in [0.29, 0.717) is 17.5 Å². The topological polar surface area (TPSA) is 65.1 Å². The van der Waals surface area contributed by atoms with Crippen LogP contribution >= 0.6 is 23.1 Å². The van der Waals surface area contributed by atoms with Gasteiger partial charge in [-0.05, 0) is 29.1 Å². The van der Waals surface area contributed by atoms with Gasteiger partial charge < -0.3 is 9.80 Å². The first kappa shape index (κ1) is 18.5. The van der Waals surface area contributed by atoms with Crippen molar-refractivity contribution in [2.75, 3.05) is 31.8 Å². The lowest BCUT2D eigenvalue weighted by atomic mass is 10.2. The van der Waals surface area contributed by atoms with E-state index in [1.165, 1.54) is 11.8 Å². The average Bonchev–Trinajstić information content (AvgIpc) is 3.31. The molecule has 0 saturated carbocycles. The van der Waals surface area contributed by atoms with Gasteiger partial charge in [0.2, 0.25) is 11.1 Å². The van der Waals surface area contributed by atoms with Gasteiger partial charge in [-0.1, -0.05) is 30.0 Å². The molecular formula is C18H21N5OS2. The molecule has 6 nitrogen and oxygen atoms in total. The predicted octanol–water partition coefficient (Wildman–Crippen LogP) is 3.35. The van der Waals surface area contributed by atoms with Gasteiger partial charge in [-0.2, -0.15) is 0 Å². The fourth-order valence-corrected chi connectivity index (χ4v) is 3.74. The molecule has 0 atom stereocenters. The van der Waals surface area contributed by atoms with Crippen LogP contribution in [0.25, 0.3) is 10.7 Å². The number of aromatic nitrogens is 3. The summed E-state index contributed by atoms with van der Waals surface area (Å²) in [4.78, 5) is 21.6. The summed E-state index contributed by atoms with van der Waals surface area (Å²) < 4.78 is 0. The summed E-state index contributed by atoms with van der Waals surface area (Å²) in [5.41, 5.74) is 2.25. The maximum absolute atomic E-state index is 12.4. The molecule has 0 bridgehead atoms. The second kappa shape index (κ2) is 8.37. The summed E-state index contributed by atoms with van der Waals surface area (Å²) in [6, 6.07) is 12.2. The molecule has 26 heavy (non-hydrogen) atoms. The van der Waals surface area contributed by atoms with Crippen LogP contribution in [-0.2, 0) is 11.3 Å². The Kier molecular flexibility index (Phi) is 5.95. The molecule has 136 valence electrons. The summed E-state index contributed by atoms with van der Waals surface area (Å²) >= 11 is 2.95. The molecule has 3 aromatic rings. The van der Waals surface area contributed by atoms with Crippen molar-refractivity contribution < 1.29 is 4.79 Å². The van der Waals surface area contributed by atoms with E-state index in [9.17, 15) is 4.79 Å².